The van der Waals surface area contributed by atoms with E-state index >= 15 is 0 Å². The third kappa shape index (κ3) is 4.09. The second-order valence-corrected chi connectivity index (χ2v) is 8.92. The molecule has 1 aliphatic heterocycles. The fourth-order valence-electron chi connectivity index (χ4n) is 4.59. The van der Waals surface area contributed by atoms with Crippen molar-refractivity contribution in [1.82, 2.24) is 9.55 Å². The van der Waals surface area contributed by atoms with Gasteiger partial charge in [0.05, 0.1) is 22.6 Å². The molecule has 0 saturated carbocycles. The zero-order valence-corrected chi connectivity index (χ0v) is 19.5. The number of nitrogens with zero attached hydrogens (tertiary/aromatic N) is 3. The molecule has 1 amide bonds. The van der Waals surface area contributed by atoms with Gasteiger partial charge in [-0.15, -0.1) is 0 Å². The van der Waals surface area contributed by atoms with Crippen molar-refractivity contribution in [2.24, 2.45) is 0 Å². The number of benzene rings is 3. The van der Waals surface area contributed by atoms with Gasteiger partial charge in [-0.05, 0) is 55.3 Å². The first-order valence-electron chi connectivity index (χ1n) is 11.2. The number of aromatic nitrogens is 2. The van der Waals surface area contributed by atoms with E-state index in [-0.39, 0.29) is 11.8 Å². The molecule has 0 radical (unpaired) electrons. The molecule has 1 unspecified atom stereocenters. The van der Waals surface area contributed by atoms with Crippen molar-refractivity contribution in [1.29, 1.82) is 0 Å². The number of amides is 1. The molecule has 2 heterocycles. The second-order valence-electron chi connectivity index (χ2n) is 8.51. The molecule has 5 nitrogen and oxygen atoms in total. The maximum Gasteiger partial charge on any atom is 0.227 e. The molecule has 0 N–H and O–H groups in total. The van der Waals surface area contributed by atoms with E-state index in [0.29, 0.717) is 36.9 Å². The number of carbonyl (C=O) groups excluding carboxylic acids is 1. The van der Waals surface area contributed by atoms with Crippen molar-refractivity contribution in [3.63, 3.8) is 0 Å². The molecule has 33 heavy (non-hydrogen) atoms. The van der Waals surface area contributed by atoms with Crippen LogP contribution in [0.15, 0.2) is 66.7 Å². The van der Waals surface area contributed by atoms with Gasteiger partial charge in [-0.3, -0.25) is 4.79 Å². The molecule has 3 aromatic carbocycles. The normalized spacial score (nSPS) is 16.0. The number of carbonyl (C=O) groups is 1. The highest BCUT2D eigenvalue weighted by Gasteiger charge is 2.35. The van der Waals surface area contributed by atoms with E-state index in [1.54, 1.807) is 0 Å². The van der Waals surface area contributed by atoms with Gasteiger partial charge in [0.15, 0.2) is 0 Å². The van der Waals surface area contributed by atoms with Gasteiger partial charge in [0, 0.05) is 24.6 Å². The maximum absolute atomic E-state index is 13.0. The molecule has 168 valence electrons. The van der Waals surface area contributed by atoms with Crippen LogP contribution in [0.25, 0.3) is 11.0 Å². The molecular weight excluding hydrogens is 434 g/mol. The third-order valence-corrected chi connectivity index (χ3v) is 6.76. The molecular formula is C27H26ClN3O2. The Kier molecular flexibility index (Phi) is 5.81. The minimum atomic E-state index is 0.0186. The van der Waals surface area contributed by atoms with E-state index < -0.39 is 0 Å². The fraction of sp³-hybridized carbons (Fsp3) is 0.259. The van der Waals surface area contributed by atoms with Gasteiger partial charge >= 0.3 is 0 Å². The fourth-order valence-corrected chi connectivity index (χ4v) is 4.78. The smallest absolute Gasteiger partial charge is 0.227 e. The van der Waals surface area contributed by atoms with Gasteiger partial charge in [-0.2, -0.15) is 0 Å². The van der Waals surface area contributed by atoms with Crippen molar-refractivity contribution in [3.8, 4) is 5.75 Å². The van der Waals surface area contributed by atoms with Crippen LogP contribution in [0.3, 0.4) is 0 Å². The Morgan fingerprint density at radius 3 is 2.67 bits per heavy atom. The minimum Gasteiger partial charge on any atom is -0.490 e. The van der Waals surface area contributed by atoms with Crippen LogP contribution >= 0.6 is 11.6 Å². The van der Waals surface area contributed by atoms with Crippen LogP contribution in [-0.4, -0.2) is 28.6 Å². The Balaban J connectivity index is 1.43. The summed E-state index contributed by atoms with van der Waals surface area (Å²) in [4.78, 5) is 19.9. The summed E-state index contributed by atoms with van der Waals surface area (Å²) >= 11 is 6.24. The summed E-state index contributed by atoms with van der Waals surface area (Å²) in [6, 6.07) is 21.7. The molecule has 0 spiro atoms. The van der Waals surface area contributed by atoms with Gasteiger partial charge in [-0.25, -0.2) is 4.98 Å². The highest BCUT2D eigenvalue weighted by molar-refractivity contribution is 6.32. The van der Waals surface area contributed by atoms with Gasteiger partial charge in [0.2, 0.25) is 5.91 Å². The lowest BCUT2D eigenvalue weighted by Gasteiger charge is -2.20. The summed E-state index contributed by atoms with van der Waals surface area (Å²) in [6.45, 7) is 5.85. The molecule has 0 aliphatic carbocycles. The number of para-hydroxylation sites is 3. The lowest BCUT2D eigenvalue weighted by atomic mass is 10.1. The number of aryl methyl sites for hydroxylation is 1. The van der Waals surface area contributed by atoms with E-state index in [1.807, 2.05) is 59.5 Å². The maximum atomic E-state index is 13.0. The molecule has 5 rings (SSSR count). The Bertz CT molecular complexity index is 1330. The highest BCUT2D eigenvalue weighted by atomic mass is 35.5. The van der Waals surface area contributed by atoms with E-state index in [9.17, 15) is 4.79 Å². The first kappa shape index (κ1) is 21.5. The van der Waals surface area contributed by atoms with Crippen LogP contribution in [0.5, 0.6) is 5.75 Å². The topological polar surface area (TPSA) is 47.4 Å². The summed E-state index contributed by atoms with van der Waals surface area (Å²) in [5, 5.41) is 0.596. The highest BCUT2D eigenvalue weighted by Crippen LogP contribution is 2.35. The molecule has 1 fully saturated rings. The predicted octanol–water partition coefficient (Wildman–Crippen LogP) is 5.91. The summed E-state index contributed by atoms with van der Waals surface area (Å²) in [7, 11) is 0. The number of halogens is 1. The van der Waals surface area contributed by atoms with Gasteiger partial charge in [-0.1, -0.05) is 48.0 Å². The SMILES string of the molecule is Cc1cccc(N2CC(c3nc4ccccc4n3CCOc3ccccc3Cl)CC2=O)c1C. The quantitative estimate of drug-likeness (QED) is 0.360. The monoisotopic (exact) mass is 459 g/mol. The van der Waals surface area contributed by atoms with Crippen LogP contribution in [0.2, 0.25) is 5.02 Å². The summed E-state index contributed by atoms with van der Waals surface area (Å²) in [5.41, 5.74) is 5.31. The largest absolute Gasteiger partial charge is 0.490 e. The lowest BCUT2D eigenvalue weighted by Crippen LogP contribution is -2.25. The first-order valence-corrected chi connectivity index (χ1v) is 11.6. The number of imidazole rings is 1. The van der Waals surface area contributed by atoms with Crippen molar-refractivity contribution in [2.75, 3.05) is 18.1 Å². The molecule has 0 bridgehead atoms. The number of rotatable bonds is 6. The van der Waals surface area contributed by atoms with Gasteiger partial charge < -0.3 is 14.2 Å². The van der Waals surface area contributed by atoms with Crippen molar-refractivity contribution >= 4 is 34.2 Å². The zero-order chi connectivity index (χ0) is 22.9. The Labute approximate surface area is 198 Å². The van der Waals surface area contributed by atoms with Crippen LogP contribution in [0.1, 0.15) is 29.3 Å². The molecule has 1 atom stereocenters. The molecule has 1 aliphatic rings. The van der Waals surface area contributed by atoms with Crippen molar-refractivity contribution < 1.29 is 9.53 Å². The van der Waals surface area contributed by atoms with Crippen molar-refractivity contribution in [2.45, 2.75) is 32.7 Å². The number of hydrogen-bond donors (Lipinski definition) is 0. The summed E-state index contributed by atoms with van der Waals surface area (Å²) < 4.78 is 8.15. The number of anilines is 1. The van der Waals surface area contributed by atoms with E-state index in [2.05, 4.69) is 30.5 Å². The second kappa shape index (κ2) is 8.91. The molecule has 1 saturated heterocycles. The predicted molar refractivity (Wildman–Crippen MR) is 132 cm³/mol. The van der Waals surface area contributed by atoms with E-state index in [0.717, 1.165) is 28.1 Å². The first-order chi connectivity index (χ1) is 16.0. The van der Waals surface area contributed by atoms with Gasteiger partial charge in [0.25, 0.3) is 0 Å². The average molecular weight is 460 g/mol. The van der Waals surface area contributed by atoms with Crippen LogP contribution in [0, 0.1) is 13.8 Å². The van der Waals surface area contributed by atoms with Crippen LogP contribution in [-0.2, 0) is 11.3 Å². The molecule has 6 heteroatoms. The number of hydrogen-bond acceptors (Lipinski definition) is 3. The number of fused-ring (bicyclic) bond motifs is 1. The Hall–Kier alpha value is -3.31. The summed E-state index contributed by atoms with van der Waals surface area (Å²) in [6.07, 6.45) is 0.447. The summed E-state index contributed by atoms with van der Waals surface area (Å²) in [5.74, 6) is 1.76. The lowest BCUT2D eigenvalue weighted by molar-refractivity contribution is -0.117. The van der Waals surface area contributed by atoms with E-state index in [1.165, 1.54) is 5.56 Å². The van der Waals surface area contributed by atoms with E-state index in [4.69, 9.17) is 21.3 Å². The average Bonchev–Trinajstić information content (AvgIpc) is 3.37. The minimum absolute atomic E-state index is 0.0186. The molecule has 4 aromatic rings. The zero-order valence-electron chi connectivity index (χ0n) is 18.8. The Morgan fingerprint density at radius 2 is 1.82 bits per heavy atom. The standard InChI is InChI=1S/C27H26ClN3O2/c1-18-8-7-12-23(19(18)2)31-17-20(16-26(31)32)27-29-22-10-4-5-11-24(22)30(27)14-15-33-25-13-6-3-9-21(25)28/h3-13,20H,14-17H2,1-2H3. The molecule has 1 aromatic heterocycles. The van der Waals surface area contributed by atoms with Crippen molar-refractivity contribution in [3.05, 3.63) is 88.7 Å². The third-order valence-electron chi connectivity index (χ3n) is 6.45. The van der Waals surface area contributed by atoms with Crippen LogP contribution < -0.4 is 9.64 Å². The van der Waals surface area contributed by atoms with Gasteiger partial charge in [0.1, 0.15) is 18.2 Å². The van der Waals surface area contributed by atoms with Crippen LogP contribution in [0.4, 0.5) is 5.69 Å². The number of ether oxygens (including phenoxy) is 1. The Morgan fingerprint density at radius 1 is 1.03 bits per heavy atom.